The molecule has 0 saturated heterocycles. The van der Waals surface area contributed by atoms with Crippen LogP contribution in [-0.4, -0.2) is 35.8 Å². The summed E-state index contributed by atoms with van der Waals surface area (Å²) in [6, 6.07) is 4.31. The van der Waals surface area contributed by atoms with Crippen LogP contribution < -0.4 is 5.32 Å². The third kappa shape index (κ3) is 3.43. The van der Waals surface area contributed by atoms with E-state index in [2.05, 4.69) is 10.3 Å². The van der Waals surface area contributed by atoms with Gasteiger partial charge in [0.1, 0.15) is 17.9 Å². The van der Waals surface area contributed by atoms with Gasteiger partial charge in [-0.15, -0.1) is 0 Å². The minimum absolute atomic E-state index is 0.00414. The fourth-order valence-corrected chi connectivity index (χ4v) is 1.26. The Morgan fingerprint density at radius 2 is 2.41 bits per heavy atom. The molecule has 90 valence electrons. The second-order valence-corrected chi connectivity index (χ2v) is 3.45. The van der Waals surface area contributed by atoms with Crippen LogP contribution >= 0.6 is 0 Å². The van der Waals surface area contributed by atoms with Crippen LogP contribution in [0.3, 0.4) is 0 Å². The Morgan fingerprint density at radius 3 is 2.94 bits per heavy atom. The maximum absolute atomic E-state index is 10.9. The summed E-state index contributed by atoms with van der Waals surface area (Å²) in [7, 11) is 1.41. The van der Waals surface area contributed by atoms with Crippen LogP contribution in [0.5, 0.6) is 0 Å². The number of carboxylic acids is 1. The van der Waals surface area contributed by atoms with Crippen molar-refractivity contribution < 1.29 is 14.6 Å². The van der Waals surface area contributed by atoms with Crippen molar-refractivity contribution in [3.05, 3.63) is 23.4 Å². The topological polar surface area (TPSA) is 95.2 Å². The molecule has 1 aromatic rings. The molecule has 1 aromatic heterocycles. The molecular formula is C11H13N3O3. The van der Waals surface area contributed by atoms with Gasteiger partial charge in [-0.2, -0.15) is 5.26 Å². The largest absolute Gasteiger partial charge is 0.480 e. The van der Waals surface area contributed by atoms with Crippen molar-refractivity contribution in [1.29, 1.82) is 5.26 Å². The molecule has 0 bridgehead atoms. The number of aryl methyl sites for hydroxylation is 1. The van der Waals surface area contributed by atoms with E-state index < -0.39 is 12.0 Å². The highest BCUT2D eigenvalue weighted by Gasteiger charge is 2.19. The molecular weight excluding hydrogens is 222 g/mol. The molecule has 6 nitrogen and oxygen atoms in total. The zero-order valence-corrected chi connectivity index (χ0v) is 9.60. The first-order valence-corrected chi connectivity index (χ1v) is 4.94. The molecule has 0 spiro atoms. The summed E-state index contributed by atoms with van der Waals surface area (Å²) >= 11 is 0. The third-order valence-corrected chi connectivity index (χ3v) is 2.10. The number of ether oxygens (including phenoxy) is 1. The fourth-order valence-electron chi connectivity index (χ4n) is 1.26. The molecule has 2 N–H and O–H groups in total. The molecule has 6 heteroatoms. The molecule has 17 heavy (non-hydrogen) atoms. The lowest BCUT2D eigenvalue weighted by atomic mass is 10.2. The van der Waals surface area contributed by atoms with Crippen molar-refractivity contribution in [3.8, 4) is 6.07 Å². The Balaban J connectivity index is 2.96. The number of carboxylic acid groups (broad SMARTS) is 1. The number of nitriles is 1. The van der Waals surface area contributed by atoms with Crippen LogP contribution in [-0.2, 0) is 9.53 Å². The summed E-state index contributed by atoms with van der Waals surface area (Å²) in [5.74, 6) is -0.795. The third-order valence-electron chi connectivity index (χ3n) is 2.10. The van der Waals surface area contributed by atoms with Crippen LogP contribution in [0.15, 0.2) is 12.1 Å². The summed E-state index contributed by atoms with van der Waals surface area (Å²) in [4.78, 5) is 15.0. The van der Waals surface area contributed by atoms with Crippen LogP contribution in [0, 0.1) is 18.3 Å². The minimum Gasteiger partial charge on any atom is -0.480 e. The Kier molecular flexibility index (Phi) is 4.43. The average molecular weight is 235 g/mol. The highest BCUT2D eigenvalue weighted by atomic mass is 16.5. The van der Waals surface area contributed by atoms with E-state index in [0.717, 1.165) is 0 Å². The standard InChI is InChI=1S/C11H13N3O3/c1-7-3-4-8(5-12)10(13-7)14-9(6-17-2)11(15)16/h3-4,9H,6H2,1-2H3,(H,13,14)(H,15,16). The van der Waals surface area contributed by atoms with E-state index in [1.54, 1.807) is 19.1 Å². The summed E-state index contributed by atoms with van der Waals surface area (Å²) in [5, 5.41) is 20.5. The van der Waals surface area contributed by atoms with E-state index in [-0.39, 0.29) is 12.4 Å². The summed E-state index contributed by atoms with van der Waals surface area (Å²) in [5.41, 5.74) is 1.01. The summed E-state index contributed by atoms with van der Waals surface area (Å²) < 4.78 is 4.79. The monoisotopic (exact) mass is 235 g/mol. The molecule has 0 saturated carbocycles. The zero-order chi connectivity index (χ0) is 12.8. The first-order valence-electron chi connectivity index (χ1n) is 4.94. The van der Waals surface area contributed by atoms with Crippen LogP contribution in [0.2, 0.25) is 0 Å². The molecule has 0 radical (unpaired) electrons. The fraction of sp³-hybridized carbons (Fsp3) is 0.364. The highest BCUT2D eigenvalue weighted by molar-refractivity contribution is 5.77. The van der Waals surface area contributed by atoms with E-state index in [0.29, 0.717) is 11.3 Å². The van der Waals surface area contributed by atoms with Gasteiger partial charge in [-0.05, 0) is 19.1 Å². The van der Waals surface area contributed by atoms with Gasteiger partial charge in [0.25, 0.3) is 0 Å². The Hall–Kier alpha value is -2.13. The van der Waals surface area contributed by atoms with E-state index >= 15 is 0 Å². The van der Waals surface area contributed by atoms with Crippen LogP contribution in [0.4, 0.5) is 5.82 Å². The van der Waals surface area contributed by atoms with E-state index in [1.165, 1.54) is 7.11 Å². The van der Waals surface area contributed by atoms with Gasteiger partial charge in [-0.3, -0.25) is 0 Å². The number of nitrogens with zero attached hydrogens (tertiary/aromatic N) is 2. The average Bonchev–Trinajstić information content (AvgIpc) is 2.28. The molecule has 0 aliphatic carbocycles. The second kappa shape index (κ2) is 5.82. The van der Waals surface area contributed by atoms with Gasteiger partial charge in [0.15, 0.2) is 0 Å². The molecule has 0 aromatic carbocycles. The van der Waals surface area contributed by atoms with Gasteiger partial charge >= 0.3 is 5.97 Å². The highest BCUT2D eigenvalue weighted by Crippen LogP contribution is 2.13. The summed E-state index contributed by atoms with van der Waals surface area (Å²) in [6.07, 6.45) is 0. The molecule has 0 aliphatic rings. The van der Waals surface area contributed by atoms with Gasteiger partial charge in [0.05, 0.1) is 12.2 Å². The molecule has 1 atom stereocenters. The predicted octanol–water partition coefficient (Wildman–Crippen LogP) is 0.773. The van der Waals surface area contributed by atoms with Crippen molar-refractivity contribution in [1.82, 2.24) is 4.98 Å². The maximum Gasteiger partial charge on any atom is 0.328 e. The van der Waals surface area contributed by atoms with E-state index in [9.17, 15) is 4.79 Å². The number of aromatic nitrogens is 1. The number of anilines is 1. The number of nitrogens with one attached hydrogen (secondary N) is 1. The number of methoxy groups -OCH3 is 1. The van der Waals surface area contributed by atoms with Crippen LogP contribution in [0.25, 0.3) is 0 Å². The van der Waals surface area contributed by atoms with Gasteiger partial charge in [-0.1, -0.05) is 0 Å². The lowest BCUT2D eigenvalue weighted by molar-refractivity contribution is -0.139. The first-order chi connectivity index (χ1) is 8.08. The van der Waals surface area contributed by atoms with Crippen molar-refractivity contribution in [2.45, 2.75) is 13.0 Å². The Labute approximate surface area is 98.9 Å². The molecule has 0 amide bonds. The SMILES string of the molecule is COCC(Nc1nc(C)ccc1C#N)C(=O)O. The number of hydrogen-bond donors (Lipinski definition) is 2. The number of pyridine rings is 1. The molecule has 0 aliphatic heterocycles. The molecule has 1 rings (SSSR count). The van der Waals surface area contributed by atoms with Gasteiger partial charge < -0.3 is 15.2 Å². The predicted molar refractivity (Wildman–Crippen MR) is 60.6 cm³/mol. The van der Waals surface area contributed by atoms with Gasteiger partial charge in [0.2, 0.25) is 0 Å². The van der Waals surface area contributed by atoms with E-state index in [4.69, 9.17) is 15.1 Å². The number of rotatable bonds is 5. The Bertz CT molecular complexity index is 454. The Morgan fingerprint density at radius 1 is 1.71 bits per heavy atom. The van der Waals surface area contributed by atoms with Gasteiger partial charge in [-0.25, -0.2) is 9.78 Å². The smallest absolute Gasteiger partial charge is 0.328 e. The van der Waals surface area contributed by atoms with Crippen molar-refractivity contribution in [3.63, 3.8) is 0 Å². The number of hydrogen-bond acceptors (Lipinski definition) is 5. The van der Waals surface area contributed by atoms with Crippen LogP contribution in [0.1, 0.15) is 11.3 Å². The molecule has 1 unspecified atom stereocenters. The normalized spacial score (nSPS) is 11.6. The lowest BCUT2D eigenvalue weighted by Crippen LogP contribution is -2.34. The molecule has 1 heterocycles. The second-order valence-electron chi connectivity index (χ2n) is 3.45. The first kappa shape index (κ1) is 12.9. The lowest BCUT2D eigenvalue weighted by Gasteiger charge is -2.15. The minimum atomic E-state index is -1.06. The maximum atomic E-state index is 10.9. The van der Waals surface area contributed by atoms with Crippen molar-refractivity contribution in [2.75, 3.05) is 19.0 Å². The van der Waals surface area contributed by atoms with Gasteiger partial charge in [0, 0.05) is 12.8 Å². The molecule has 0 fully saturated rings. The van der Waals surface area contributed by atoms with E-state index in [1.807, 2.05) is 6.07 Å². The number of aliphatic carboxylic acids is 1. The van der Waals surface area contributed by atoms with Crippen molar-refractivity contribution in [2.24, 2.45) is 0 Å². The zero-order valence-electron chi connectivity index (χ0n) is 9.60. The summed E-state index contributed by atoms with van der Waals surface area (Å²) in [6.45, 7) is 1.76. The van der Waals surface area contributed by atoms with Crippen molar-refractivity contribution >= 4 is 11.8 Å². The quantitative estimate of drug-likeness (QED) is 0.782. The number of carbonyl (C=O) groups is 1.